The van der Waals surface area contributed by atoms with Gasteiger partial charge in [0.05, 0.1) is 11.6 Å². The van der Waals surface area contributed by atoms with Crippen molar-refractivity contribution in [2.24, 2.45) is 5.92 Å². The Bertz CT molecular complexity index is 917. The Kier molecular flexibility index (Phi) is 4.64. The summed E-state index contributed by atoms with van der Waals surface area (Å²) >= 11 is 0. The lowest BCUT2D eigenvalue weighted by molar-refractivity contribution is -0.119. The average molecular weight is 353 g/mol. The third-order valence-electron chi connectivity index (χ3n) is 4.48. The van der Waals surface area contributed by atoms with E-state index in [1.807, 2.05) is 13.0 Å². The Balaban J connectivity index is 2.23. The van der Waals surface area contributed by atoms with Crippen LogP contribution in [0.15, 0.2) is 59.9 Å². The molecule has 134 valence electrons. The highest BCUT2D eigenvalue weighted by Crippen LogP contribution is 2.42. The molecule has 1 unspecified atom stereocenters. The van der Waals surface area contributed by atoms with Crippen LogP contribution in [0.3, 0.4) is 0 Å². The van der Waals surface area contributed by atoms with Crippen molar-refractivity contribution in [3.05, 3.63) is 76.8 Å². The number of nitrogens with zero attached hydrogens (tertiary/aromatic N) is 1. The number of Topliss-reactive ketones (excluding diaryl/α,β-unsaturated/α-hetero) is 1. The number of aryl methyl sites for hydroxylation is 1. The molecular formula is C21H20FNO3. The number of hydrogen-bond acceptors (Lipinski definition) is 3. The van der Waals surface area contributed by atoms with Gasteiger partial charge in [0.1, 0.15) is 5.82 Å². The maximum Gasteiger partial charge on any atom is 0.294 e. The summed E-state index contributed by atoms with van der Waals surface area (Å²) in [7, 11) is 0. The summed E-state index contributed by atoms with van der Waals surface area (Å²) in [5.74, 6) is -2.66. The molecule has 0 bridgehead atoms. The Morgan fingerprint density at radius 1 is 1.15 bits per heavy atom. The van der Waals surface area contributed by atoms with Crippen molar-refractivity contribution >= 4 is 17.4 Å². The van der Waals surface area contributed by atoms with E-state index in [1.165, 1.54) is 17.0 Å². The van der Waals surface area contributed by atoms with Crippen molar-refractivity contribution in [2.75, 3.05) is 4.90 Å². The molecular weight excluding hydrogens is 333 g/mol. The molecule has 2 aromatic carbocycles. The number of benzene rings is 2. The summed E-state index contributed by atoms with van der Waals surface area (Å²) in [6.45, 7) is 5.23. The third-order valence-corrected chi connectivity index (χ3v) is 4.48. The molecule has 26 heavy (non-hydrogen) atoms. The van der Waals surface area contributed by atoms with Gasteiger partial charge in [-0.3, -0.25) is 14.5 Å². The van der Waals surface area contributed by atoms with Crippen LogP contribution in [0.1, 0.15) is 31.0 Å². The molecule has 0 spiro atoms. The minimum atomic E-state index is -1.000. The van der Waals surface area contributed by atoms with Crippen LogP contribution in [0, 0.1) is 18.7 Å². The second-order valence-electron chi connectivity index (χ2n) is 6.72. The molecule has 0 saturated carbocycles. The van der Waals surface area contributed by atoms with E-state index in [2.05, 4.69) is 0 Å². The van der Waals surface area contributed by atoms with Crippen LogP contribution >= 0.6 is 0 Å². The summed E-state index contributed by atoms with van der Waals surface area (Å²) in [5.41, 5.74) is 1.53. The third kappa shape index (κ3) is 2.90. The zero-order valence-corrected chi connectivity index (χ0v) is 14.9. The van der Waals surface area contributed by atoms with Crippen molar-refractivity contribution in [3.63, 3.8) is 0 Å². The standard InChI is InChI=1S/C21H20FNO3/c1-12(2)19(24)17-18(15-9-4-5-10-16(15)22)23(21(26)20(17)25)14-8-6-7-13(3)11-14/h4-12,18,25H,1-3H3. The van der Waals surface area contributed by atoms with Gasteiger partial charge in [-0.2, -0.15) is 0 Å². The lowest BCUT2D eigenvalue weighted by Crippen LogP contribution is -2.32. The van der Waals surface area contributed by atoms with Gasteiger partial charge in [-0.15, -0.1) is 0 Å². The van der Waals surface area contributed by atoms with Gasteiger partial charge >= 0.3 is 0 Å². The molecule has 5 heteroatoms. The van der Waals surface area contributed by atoms with E-state index < -0.39 is 29.4 Å². The summed E-state index contributed by atoms with van der Waals surface area (Å²) < 4.78 is 14.5. The fourth-order valence-electron chi connectivity index (χ4n) is 3.20. The molecule has 0 saturated heterocycles. The van der Waals surface area contributed by atoms with Gasteiger partial charge in [-0.05, 0) is 30.7 Å². The van der Waals surface area contributed by atoms with Gasteiger partial charge in [0.2, 0.25) is 0 Å². The normalized spacial score (nSPS) is 17.3. The number of carbonyl (C=O) groups is 2. The van der Waals surface area contributed by atoms with Gasteiger partial charge in [0.25, 0.3) is 5.91 Å². The smallest absolute Gasteiger partial charge is 0.294 e. The second kappa shape index (κ2) is 6.75. The molecule has 1 aliphatic heterocycles. The van der Waals surface area contributed by atoms with Crippen LogP contribution in [0.4, 0.5) is 10.1 Å². The fourth-order valence-corrected chi connectivity index (χ4v) is 3.20. The Morgan fingerprint density at radius 3 is 2.46 bits per heavy atom. The van der Waals surface area contributed by atoms with Crippen LogP contribution in [-0.4, -0.2) is 16.8 Å². The van der Waals surface area contributed by atoms with Crippen molar-refractivity contribution < 1.29 is 19.1 Å². The molecule has 0 radical (unpaired) electrons. The van der Waals surface area contributed by atoms with E-state index in [4.69, 9.17) is 0 Å². The highest BCUT2D eigenvalue weighted by molar-refractivity contribution is 6.16. The highest BCUT2D eigenvalue weighted by atomic mass is 19.1. The van der Waals surface area contributed by atoms with E-state index in [-0.39, 0.29) is 16.9 Å². The van der Waals surface area contributed by atoms with Crippen LogP contribution in [-0.2, 0) is 9.59 Å². The first-order valence-corrected chi connectivity index (χ1v) is 8.45. The van der Waals surface area contributed by atoms with E-state index >= 15 is 0 Å². The zero-order chi connectivity index (χ0) is 19.0. The predicted octanol–water partition coefficient (Wildman–Crippen LogP) is 4.26. The molecule has 4 nitrogen and oxygen atoms in total. The van der Waals surface area contributed by atoms with Crippen molar-refractivity contribution in [1.29, 1.82) is 0 Å². The first-order chi connectivity index (χ1) is 12.3. The van der Waals surface area contributed by atoms with Crippen LogP contribution in [0.2, 0.25) is 0 Å². The molecule has 2 aromatic rings. The summed E-state index contributed by atoms with van der Waals surface area (Å²) in [6.07, 6.45) is 0. The molecule has 0 aliphatic carbocycles. The summed E-state index contributed by atoms with van der Waals surface area (Å²) in [5, 5.41) is 10.4. The summed E-state index contributed by atoms with van der Waals surface area (Å²) in [6, 6.07) is 12.1. The first kappa shape index (κ1) is 17.9. The number of anilines is 1. The van der Waals surface area contributed by atoms with Crippen LogP contribution < -0.4 is 4.90 Å². The van der Waals surface area contributed by atoms with E-state index in [9.17, 15) is 19.1 Å². The molecule has 1 heterocycles. The molecule has 3 rings (SSSR count). The van der Waals surface area contributed by atoms with Crippen LogP contribution in [0.25, 0.3) is 0 Å². The van der Waals surface area contributed by atoms with Gasteiger partial charge in [0, 0.05) is 17.2 Å². The van der Waals surface area contributed by atoms with Gasteiger partial charge in [0.15, 0.2) is 11.5 Å². The van der Waals surface area contributed by atoms with Crippen molar-refractivity contribution in [3.8, 4) is 0 Å². The molecule has 1 N–H and O–H groups in total. The van der Waals surface area contributed by atoms with Gasteiger partial charge in [-0.1, -0.05) is 44.2 Å². The van der Waals surface area contributed by atoms with E-state index in [0.717, 1.165) is 5.56 Å². The molecule has 0 fully saturated rings. The molecule has 1 atom stereocenters. The second-order valence-corrected chi connectivity index (χ2v) is 6.72. The molecule has 1 aliphatic rings. The van der Waals surface area contributed by atoms with Crippen LogP contribution in [0.5, 0.6) is 0 Å². The molecule has 1 amide bonds. The van der Waals surface area contributed by atoms with E-state index in [1.54, 1.807) is 44.2 Å². The Morgan fingerprint density at radius 2 is 1.85 bits per heavy atom. The lowest BCUT2D eigenvalue weighted by Gasteiger charge is -2.27. The minimum Gasteiger partial charge on any atom is -0.503 e. The zero-order valence-electron chi connectivity index (χ0n) is 14.9. The number of aliphatic hydroxyl groups excluding tert-OH is 1. The predicted molar refractivity (Wildman–Crippen MR) is 97.3 cm³/mol. The molecule has 0 aromatic heterocycles. The number of aliphatic hydroxyl groups is 1. The highest BCUT2D eigenvalue weighted by Gasteiger charge is 2.45. The summed E-state index contributed by atoms with van der Waals surface area (Å²) in [4.78, 5) is 26.8. The Hall–Kier alpha value is -2.95. The number of ketones is 1. The average Bonchev–Trinajstić information content (AvgIpc) is 2.86. The first-order valence-electron chi connectivity index (χ1n) is 8.45. The number of halogens is 1. The quantitative estimate of drug-likeness (QED) is 0.893. The number of rotatable bonds is 4. The van der Waals surface area contributed by atoms with E-state index in [0.29, 0.717) is 5.69 Å². The minimum absolute atomic E-state index is 0.0587. The van der Waals surface area contributed by atoms with Crippen molar-refractivity contribution in [1.82, 2.24) is 0 Å². The number of hydrogen-bond donors (Lipinski definition) is 1. The maximum atomic E-state index is 14.5. The largest absolute Gasteiger partial charge is 0.503 e. The number of carbonyl (C=O) groups excluding carboxylic acids is 2. The lowest BCUT2D eigenvalue weighted by atomic mass is 9.91. The fraction of sp³-hybridized carbons (Fsp3) is 0.238. The number of amides is 1. The van der Waals surface area contributed by atoms with Crippen molar-refractivity contribution in [2.45, 2.75) is 26.8 Å². The SMILES string of the molecule is Cc1cccc(N2C(=O)C(O)=C(C(=O)C(C)C)C2c2ccccc2F)c1. The maximum absolute atomic E-state index is 14.5. The van der Waals surface area contributed by atoms with Gasteiger partial charge < -0.3 is 5.11 Å². The van der Waals surface area contributed by atoms with Gasteiger partial charge in [-0.25, -0.2) is 4.39 Å². The Labute approximate surface area is 151 Å². The monoisotopic (exact) mass is 353 g/mol. The topological polar surface area (TPSA) is 57.6 Å².